The molecule has 0 aliphatic rings. The second kappa shape index (κ2) is 12.1. The number of rotatable bonds is 10. The summed E-state index contributed by atoms with van der Waals surface area (Å²) in [4.78, 5) is 22.2. The summed E-state index contributed by atoms with van der Waals surface area (Å²) in [6, 6.07) is 10.5. The number of nitrogens with one attached hydrogen (secondary N) is 2. The van der Waals surface area contributed by atoms with Gasteiger partial charge in [0.05, 0.1) is 34.5 Å². The van der Waals surface area contributed by atoms with Crippen molar-refractivity contribution >= 4 is 44.6 Å². The van der Waals surface area contributed by atoms with Crippen LogP contribution >= 0.6 is 11.3 Å². The molecule has 0 spiro atoms. The van der Waals surface area contributed by atoms with Crippen molar-refractivity contribution in [3.63, 3.8) is 0 Å². The minimum atomic E-state index is -2.93. The Labute approximate surface area is 210 Å². The van der Waals surface area contributed by atoms with E-state index in [0.29, 0.717) is 28.3 Å². The molecule has 9 nitrogen and oxygen atoms in total. The van der Waals surface area contributed by atoms with Crippen LogP contribution < -0.4 is 10.6 Å². The van der Waals surface area contributed by atoms with Crippen LogP contribution in [0.25, 0.3) is 10.4 Å². The van der Waals surface area contributed by atoms with Crippen molar-refractivity contribution in [3.8, 4) is 10.4 Å². The minimum Gasteiger partial charge on any atom is -0.448 e. The number of anilines is 3. The second-order valence-electron chi connectivity index (χ2n) is 8.33. The molecule has 1 aromatic carbocycles. The molecule has 0 aliphatic carbocycles. The van der Waals surface area contributed by atoms with Gasteiger partial charge in [-0.25, -0.2) is 14.0 Å². The van der Waals surface area contributed by atoms with E-state index in [4.69, 9.17) is 4.74 Å². The monoisotopic (exact) mass is 517 g/mol. The van der Waals surface area contributed by atoms with Crippen molar-refractivity contribution in [1.82, 2.24) is 9.97 Å². The highest BCUT2D eigenvalue weighted by atomic mass is 32.2. The summed E-state index contributed by atoms with van der Waals surface area (Å²) in [6.45, 7) is 6.03. The first-order valence-electron chi connectivity index (χ1n) is 11.3. The van der Waals surface area contributed by atoms with Crippen LogP contribution in [-0.2, 0) is 14.5 Å². The predicted octanol–water partition coefficient (Wildman–Crippen LogP) is 5.38. The van der Waals surface area contributed by atoms with E-state index in [1.807, 2.05) is 17.5 Å². The average Bonchev–Trinajstić information content (AvgIpc) is 3.33. The fourth-order valence-electron chi connectivity index (χ4n) is 3.37. The molecule has 0 saturated carbocycles. The maximum absolute atomic E-state index is 12.8. The van der Waals surface area contributed by atoms with E-state index in [0.717, 1.165) is 16.9 Å². The van der Waals surface area contributed by atoms with Gasteiger partial charge < -0.3 is 20.5 Å². The Morgan fingerprint density at radius 3 is 2.60 bits per heavy atom. The van der Waals surface area contributed by atoms with E-state index in [-0.39, 0.29) is 19.3 Å². The second-order valence-corrected chi connectivity index (χ2v) is 11.5. The number of carbonyl (C=O) groups excluding carboxylic acids is 1. The number of aliphatic hydroxyl groups excluding tert-OH is 1. The lowest BCUT2D eigenvalue weighted by molar-refractivity contribution is 0.164. The molecule has 3 aromatic rings. The van der Waals surface area contributed by atoms with Gasteiger partial charge in [0, 0.05) is 27.9 Å². The largest absolute Gasteiger partial charge is 0.448 e. The first-order valence-corrected chi connectivity index (χ1v) is 14.1. The van der Waals surface area contributed by atoms with Gasteiger partial charge in [-0.05, 0) is 55.0 Å². The van der Waals surface area contributed by atoms with Crippen molar-refractivity contribution in [3.05, 3.63) is 48.0 Å². The zero-order chi connectivity index (χ0) is 25.4. The van der Waals surface area contributed by atoms with Crippen LogP contribution in [0.15, 0.2) is 57.2 Å². The summed E-state index contributed by atoms with van der Waals surface area (Å²) < 4.78 is 21.3. The third-order valence-electron chi connectivity index (χ3n) is 4.96. The zero-order valence-electron chi connectivity index (χ0n) is 20.2. The van der Waals surface area contributed by atoms with Crippen LogP contribution in [0.1, 0.15) is 27.2 Å². The van der Waals surface area contributed by atoms with E-state index < -0.39 is 15.8 Å². The Morgan fingerprint density at radius 1 is 1.26 bits per heavy atom. The van der Waals surface area contributed by atoms with Gasteiger partial charge in [-0.2, -0.15) is 4.98 Å². The molecule has 35 heavy (non-hydrogen) atoms. The maximum atomic E-state index is 12.8. The van der Waals surface area contributed by atoms with Gasteiger partial charge in [0.2, 0.25) is 5.95 Å². The zero-order valence-corrected chi connectivity index (χ0v) is 21.9. The SMILES string of the molecule is CCOC(=O)N=S(C)(=O)c1ccc(Nc2ncc(-c3cccs3)c(N[C@@H](CO)CC(C)C)n2)cc1. The van der Waals surface area contributed by atoms with Gasteiger partial charge in [0.15, 0.2) is 0 Å². The van der Waals surface area contributed by atoms with Gasteiger partial charge in [-0.1, -0.05) is 19.9 Å². The summed E-state index contributed by atoms with van der Waals surface area (Å²) in [5.74, 6) is 1.41. The lowest BCUT2D eigenvalue weighted by Gasteiger charge is -2.21. The fraction of sp³-hybridized carbons (Fsp3) is 0.375. The van der Waals surface area contributed by atoms with Crippen molar-refractivity contribution in [2.45, 2.75) is 38.1 Å². The highest BCUT2D eigenvalue weighted by Gasteiger charge is 2.16. The standard InChI is InChI=1S/C24H31N5O4S2/c1-5-33-24(31)29-35(4,32)19-10-8-17(9-11-19)27-23-25-14-20(21-7-6-12-34-21)22(28-23)26-18(15-30)13-16(2)3/h6-12,14,16,18,30H,5,13,15H2,1-4H3,(H2,25,26,27,28)/t18-,35?/m1/s1. The van der Waals surface area contributed by atoms with Crippen LogP contribution in [0.2, 0.25) is 0 Å². The van der Waals surface area contributed by atoms with Crippen LogP contribution in [-0.4, -0.2) is 50.9 Å². The van der Waals surface area contributed by atoms with E-state index >= 15 is 0 Å². The molecule has 3 N–H and O–H groups in total. The molecule has 2 atom stereocenters. The first-order chi connectivity index (χ1) is 16.7. The van der Waals surface area contributed by atoms with Gasteiger partial charge in [0.25, 0.3) is 0 Å². The highest BCUT2D eigenvalue weighted by molar-refractivity contribution is 7.93. The number of amides is 1. The van der Waals surface area contributed by atoms with Crippen LogP contribution in [0, 0.1) is 5.92 Å². The first kappa shape index (κ1) is 26.6. The number of ether oxygens (including phenoxy) is 1. The van der Waals surface area contributed by atoms with Crippen molar-refractivity contribution in [1.29, 1.82) is 0 Å². The molecule has 2 heterocycles. The van der Waals surface area contributed by atoms with Gasteiger partial charge in [0.1, 0.15) is 5.82 Å². The molecular formula is C24H31N5O4S2. The van der Waals surface area contributed by atoms with Gasteiger partial charge in [-0.3, -0.25) is 0 Å². The highest BCUT2D eigenvalue weighted by Crippen LogP contribution is 2.32. The van der Waals surface area contributed by atoms with Crippen LogP contribution in [0.4, 0.5) is 22.2 Å². The Hall–Kier alpha value is -3.02. The molecule has 0 fully saturated rings. The minimum absolute atomic E-state index is 0.0105. The number of aromatic nitrogens is 2. The molecule has 1 amide bonds. The molecule has 0 bridgehead atoms. The van der Waals surface area contributed by atoms with E-state index in [1.165, 1.54) is 6.26 Å². The molecule has 188 valence electrons. The molecule has 1 unspecified atom stereocenters. The number of hydrogen-bond donors (Lipinski definition) is 3. The van der Waals surface area contributed by atoms with Crippen molar-refractivity contribution in [2.75, 3.05) is 30.1 Å². The lowest BCUT2D eigenvalue weighted by Crippen LogP contribution is -2.26. The van der Waals surface area contributed by atoms with Gasteiger partial charge in [-0.15, -0.1) is 15.7 Å². The van der Waals surface area contributed by atoms with Crippen molar-refractivity contribution in [2.24, 2.45) is 10.3 Å². The molecule has 11 heteroatoms. The number of aliphatic hydroxyl groups is 1. The third kappa shape index (κ3) is 7.48. The fourth-order valence-corrected chi connectivity index (χ4v) is 5.19. The summed E-state index contributed by atoms with van der Waals surface area (Å²) in [7, 11) is -2.93. The van der Waals surface area contributed by atoms with E-state index in [9.17, 15) is 14.1 Å². The Kier molecular flexibility index (Phi) is 9.19. The quantitative estimate of drug-likeness (QED) is 0.327. The van der Waals surface area contributed by atoms with Gasteiger partial charge >= 0.3 is 6.09 Å². The maximum Gasteiger partial charge on any atom is 0.442 e. The lowest BCUT2D eigenvalue weighted by atomic mass is 10.0. The van der Waals surface area contributed by atoms with Crippen molar-refractivity contribution < 1.29 is 18.8 Å². The Balaban J connectivity index is 1.85. The molecule has 0 radical (unpaired) electrons. The number of benzene rings is 1. The average molecular weight is 518 g/mol. The Bertz CT molecular complexity index is 1240. The number of nitrogens with zero attached hydrogens (tertiary/aromatic N) is 3. The molecule has 2 aromatic heterocycles. The molecular weight excluding hydrogens is 486 g/mol. The van der Waals surface area contributed by atoms with Crippen LogP contribution in [0.3, 0.4) is 0 Å². The topological polar surface area (TPSA) is 126 Å². The number of hydrogen-bond acceptors (Lipinski definition) is 9. The predicted molar refractivity (Wildman–Crippen MR) is 141 cm³/mol. The molecule has 0 aliphatic heterocycles. The van der Waals surface area contributed by atoms with E-state index in [1.54, 1.807) is 48.7 Å². The summed E-state index contributed by atoms with van der Waals surface area (Å²) in [5, 5.41) is 18.4. The number of thiophene rings is 1. The molecule has 0 saturated heterocycles. The summed E-state index contributed by atoms with van der Waals surface area (Å²) >= 11 is 1.59. The summed E-state index contributed by atoms with van der Waals surface area (Å²) in [6.07, 6.45) is 3.09. The Morgan fingerprint density at radius 2 is 2.00 bits per heavy atom. The smallest absolute Gasteiger partial charge is 0.442 e. The summed E-state index contributed by atoms with van der Waals surface area (Å²) in [5.41, 5.74) is 1.53. The third-order valence-corrected chi connectivity index (χ3v) is 7.50. The van der Waals surface area contributed by atoms with E-state index in [2.05, 4.69) is 38.8 Å². The number of carbonyl (C=O) groups is 1. The molecule has 3 rings (SSSR count). The normalized spacial score (nSPS) is 13.7. The van der Waals surface area contributed by atoms with Crippen LogP contribution in [0.5, 0.6) is 0 Å².